The highest BCUT2D eigenvalue weighted by molar-refractivity contribution is 6.42. The number of carboxylic acids is 1. The predicted molar refractivity (Wildman–Crippen MR) is 62.5 cm³/mol. The summed E-state index contributed by atoms with van der Waals surface area (Å²) < 4.78 is 0. The molecule has 0 bridgehead atoms. The van der Waals surface area contributed by atoms with Gasteiger partial charge in [0.1, 0.15) is 5.71 Å². The third-order valence-corrected chi connectivity index (χ3v) is 2.15. The Morgan fingerprint density at radius 2 is 2.06 bits per heavy atom. The second-order valence-corrected chi connectivity index (χ2v) is 3.44. The zero-order chi connectivity index (χ0) is 12.8. The Bertz CT molecular complexity index is 420. The lowest BCUT2D eigenvalue weighted by Crippen LogP contribution is -2.24. The lowest BCUT2D eigenvalue weighted by Gasteiger charge is -2.13. The number of rotatable bonds is 6. The van der Waals surface area contributed by atoms with E-state index in [0.717, 1.165) is 0 Å². The van der Waals surface area contributed by atoms with E-state index >= 15 is 0 Å². The average Bonchev–Trinajstić information content (AvgIpc) is 2.35. The number of benzene rings is 1. The van der Waals surface area contributed by atoms with Gasteiger partial charge >= 0.3 is 5.97 Å². The molecule has 0 fully saturated rings. The summed E-state index contributed by atoms with van der Waals surface area (Å²) in [5.74, 6) is -1.32. The molecule has 1 rings (SSSR count). The summed E-state index contributed by atoms with van der Waals surface area (Å²) in [6, 6.07) is 6.42. The zero-order valence-corrected chi connectivity index (χ0v) is 9.05. The van der Waals surface area contributed by atoms with Crippen LogP contribution in [0.4, 0.5) is 5.69 Å². The van der Waals surface area contributed by atoms with Crippen LogP contribution in [0.3, 0.4) is 0 Å². The molecule has 0 amide bonds. The fourth-order valence-corrected chi connectivity index (χ4v) is 1.26. The van der Waals surface area contributed by atoms with Crippen LogP contribution in [0, 0.1) is 5.41 Å². The molecule has 1 unspecified atom stereocenters. The molecule has 1 atom stereocenters. The maximum atomic E-state index is 10.7. The minimum atomic E-state index is -1.32. The molecule has 1 aromatic carbocycles. The molecule has 0 aromatic heterocycles. The summed E-state index contributed by atoms with van der Waals surface area (Å²) >= 11 is 0. The van der Waals surface area contributed by atoms with Crippen LogP contribution in [-0.4, -0.2) is 46.3 Å². The monoisotopic (exact) mass is 238 g/mol. The second kappa shape index (κ2) is 5.97. The molecule has 0 saturated carbocycles. The average molecular weight is 238 g/mol. The molecule has 6 nitrogen and oxygen atoms in total. The van der Waals surface area contributed by atoms with Crippen LogP contribution >= 0.6 is 0 Å². The Hall–Kier alpha value is -1.92. The maximum Gasteiger partial charge on any atom is 0.354 e. The highest BCUT2D eigenvalue weighted by Gasteiger charge is 2.14. The molecule has 0 saturated heterocycles. The number of carboxylic acid groups (broad SMARTS) is 1. The number of nitrogens with one attached hydrogen (secondary N) is 2. The maximum absolute atomic E-state index is 10.7. The van der Waals surface area contributed by atoms with Gasteiger partial charge in [0.05, 0.1) is 12.7 Å². The van der Waals surface area contributed by atoms with E-state index in [4.69, 9.17) is 15.6 Å². The minimum absolute atomic E-state index is 0.0837. The molecular weight excluding hydrogens is 224 g/mol. The Kier molecular flexibility index (Phi) is 4.62. The predicted octanol–water partition coefficient (Wildman–Crippen LogP) is -0.0958. The number of aliphatic hydroxyl groups excluding tert-OH is 2. The number of anilines is 1. The molecule has 17 heavy (non-hydrogen) atoms. The van der Waals surface area contributed by atoms with Crippen LogP contribution in [0.2, 0.25) is 0 Å². The molecule has 92 valence electrons. The van der Waals surface area contributed by atoms with Crippen LogP contribution in [0.5, 0.6) is 0 Å². The van der Waals surface area contributed by atoms with Gasteiger partial charge in [0.15, 0.2) is 0 Å². The van der Waals surface area contributed by atoms with Crippen LogP contribution in [0.15, 0.2) is 24.3 Å². The van der Waals surface area contributed by atoms with E-state index in [1.165, 1.54) is 6.07 Å². The largest absolute Gasteiger partial charge is 0.477 e. The van der Waals surface area contributed by atoms with Crippen molar-refractivity contribution in [2.45, 2.75) is 6.10 Å². The SMILES string of the molecule is N=C(C(=O)O)c1ccccc1NCC(O)CO. The fraction of sp³-hybridized carbons (Fsp3) is 0.273. The summed E-state index contributed by atoms with van der Waals surface area (Å²) in [6.45, 7) is -0.300. The fourth-order valence-electron chi connectivity index (χ4n) is 1.26. The zero-order valence-electron chi connectivity index (χ0n) is 9.05. The van der Waals surface area contributed by atoms with E-state index in [2.05, 4.69) is 5.32 Å². The van der Waals surface area contributed by atoms with Gasteiger partial charge in [-0.2, -0.15) is 0 Å². The van der Waals surface area contributed by atoms with Crippen molar-refractivity contribution in [1.82, 2.24) is 0 Å². The Labute approximate surface area is 98.0 Å². The quantitative estimate of drug-likeness (QED) is 0.444. The molecule has 0 spiro atoms. The van der Waals surface area contributed by atoms with Gasteiger partial charge in [-0.3, -0.25) is 5.41 Å². The van der Waals surface area contributed by atoms with Crippen molar-refractivity contribution < 1.29 is 20.1 Å². The number of aliphatic carboxylic acids is 1. The summed E-state index contributed by atoms with van der Waals surface area (Å²) in [5, 5.41) is 36.8. The van der Waals surface area contributed by atoms with E-state index in [1.807, 2.05) is 0 Å². The van der Waals surface area contributed by atoms with Crippen molar-refractivity contribution in [3.05, 3.63) is 29.8 Å². The summed E-state index contributed by atoms with van der Waals surface area (Å²) in [4.78, 5) is 10.7. The molecule has 0 radical (unpaired) electrons. The molecule has 1 aromatic rings. The van der Waals surface area contributed by atoms with Gasteiger partial charge in [-0.05, 0) is 6.07 Å². The van der Waals surface area contributed by atoms with Crippen molar-refractivity contribution in [1.29, 1.82) is 5.41 Å². The summed E-state index contributed by atoms with van der Waals surface area (Å²) in [5.41, 5.74) is 0.157. The first-order valence-corrected chi connectivity index (χ1v) is 5.00. The highest BCUT2D eigenvalue weighted by Crippen LogP contribution is 2.15. The lowest BCUT2D eigenvalue weighted by molar-refractivity contribution is -0.129. The van der Waals surface area contributed by atoms with Crippen molar-refractivity contribution in [2.75, 3.05) is 18.5 Å². The van der Waals surface area contributed by atoms with E-state index < -0.39 is 17.8 Å². The number of para-hydroxylation sites is 1. The van der Waals surface area contributed by atoms with Crippen LogP contribution in [0.1, 0.15) is 5.56 Å². The van der Waals surface area contributed by atoms with Crippen molar-refractivity contribution >= 4 is 17.4 Å². The molecule has 0 aliphatic rings. The Morgan fingerprint density at radius 3 is 2.65 bits per heavy atom. The third kappa shape index (κ3) is 3.54. The smallest absolute Gasteiger partial charge is 0.354 e. The van der Waals surface area contributed by atoms with Crippen molar-refractivity contribution in [2.24, 2.45) is 0 Å². The third-order valence-electron chi connectivity index (χ3n) is 2.15. The number of aliphatic hydroxyl groups is 2. The highest BCUT2D eigenvalue weighted by atomic mass is 16.4. The number of carbonyl (C=O) groups is 1. The first kappa shape index (κ1) is 13.1. The topological polar surface area (TPSA) is 114 Å². The standard InChI is InChI=1S/C11H14N2O4/c12-10(11(16)17)8-3-1-2-4-9(8)13-5-7(15)6-14/h1-4,7,12-15H,5-6H2,(H,16,17). The Morgan fingerprint density at radius 1 is 1.41 bits per heavy atom. The molecule has 0 heterocycles. The summed E-state index contributed by atoms with van der Waals surface area (Å²) in [7, 11) is 0. The summed E-state index contributed by atoms with van der Waals surface area (Å²) in [6.07, 6.45) is -0.929. The van der Waals surface area contributed by atoms with Gasteiger partial charge in [-0.1, -0.05) is 18.2 Å². The number of hydrogen-bond acceptors (Lipinski definition) is 5. The van der Waals surface area contributed by atoms with Gasteiger partial charge < -0.3 is 20.6 Å². The van der Waals surface area contributed by atoms with Gasteiger partial charge in [-0.25, -0.2) is 4.79 Å². The van der Waals surface area contributed by atoms with E-state index in [9.17, 15) is 9.90 Å². The minimum Gasteiger partial charge on any atom is -0.477 e. The van der Waals surface area contributed by atoms with Crippen molar-refractivity contribution in [3.63, 3.8) is 0 Å². The van der Waals surface area contributed by atoms with Gasteiger partial charge in [-0.15, -0.1) is 0 Å². The van der Waals surface area contributed by atoms with Crippen molar-refractivity contribution in [3.8, 4) is 0 Å². The normalized spacial score (nSPS) is 11.9. The Balaban J connectivity index is 2.85. The van der Waals surface area contributed by atoms with Crippen LogP contribution in [0.25, 0.3) is 0 Å². The van der Waals surface area contributed by atoms with E-state index in [0.29, 0.717) is 5.69 Å². The first-order valence-electron chi connectivity index (χ1n) is 5.00. The second-order valence-electron chi connectivity index (χ2n) is 3.44. The van der Waals surface area contributed by atoms with Gasteiger partial charge in [0.25, 0.3) is 0 Å². The van der Waals surface area contributed by atoms with Gasteiger partial charge in [0.2, 0.25) is 0 Å². The van der Waals surface area contributed by atoms with Crippen LogP contribution in [-0.2, 0) is 4.79 Å². The molecule has 5 N–H and O–H groups in total. The molecular formula is C11H14N2O4. The van der Waals surface area contributed by atoms with Gasteiger partial charge in [0, 0.05) is 17.8 Å². The lowest BCUT2D eigenvalue weighted by atomic mass is 10.1. The molecule has 6 heteroatoms. The molecule has 0 aliphatic heterocycles. The number of hydrogen-bond donors (Lipinski definition) is 5. The van der Waals surface area contributed by atoms with E-state index in [1.54, 1.807) is 18.2 Å². The molecule has 0 aliphatic carbocycles. The first-order chi connectivity index (χ1) is 8.06. The van der Waals surface area contributed by atoms with E-state index in [-0.39, 0.29) is 18.7 Å². The van der Waals surface area contributed by atoms with Crippen LogP contribution < -0.4 is 5.32 Å².